The van der Waals surface area contributed by atoms with Gasteiger partial charge in [0.2, 0.25) is 10.0 Å². The predicted molar refractivity (Wildman–Crippen MR) is 68.7 cm³/mol. The third kappa shape index (κ3) is 3.36. The lowest BCUT2D eigenvalue weighted by atomic mass is 9.98. The fraction of sp³-hybridized carbons (Fsp3) is 0.462. The quantitative estimate of drug-likeness (QED) is 0.842. The fourth-order valence-corrected chi connectivity index (χ4v) is 3.81. The van der Waals surface area contributed by atoms with Crippen LogP contribution < -0.4 is 0 Å². The largest absolute Gasteiger partial charge is 0.391 e. The molecule has 0 aromatic heterocycles. The van der Waals surface area contributed by atoms with Crippen molar-refractivity contribution in [1.82, 2.24) is 4.31 Å². The highest BCUT2D eigenvalue weighted by molar-refractivity contribution is 7.89. The van der Waals surface area contributed by atoms with Gasteiger partial charge in [-0.25, -0.2) is 8.42 Å². The van der Waals surface area contributed by atoms with Gasteiger partial charge in [0.15, 0.2) is 0 Å². The summed E-state index contributed by atoms with van der Waals surface area (Å²) in [4.78, 5) is -0.0630. The Balaban J connectivity index is 2.17. The molecule has 0 atom stereocenters. The van der Waals surface area contributed by atoms with E-state index in [1.54, 1.807) is 0 Å². The van der Waals surface area contributed by atoms with Gasteiger partial charge in [0.1, 0.15) is 0 Å². The van der Waals surface area contributed by atoms with E-state index in [9.17, 15) is 21.6 Å². The molecule has 2 rings (SSSR count). The number of sulfonamides is 1. The predicted octanol–water partition coefficient (Wildman–Crippen LogP) is 2.52. The van der Waals surface area contributed by atoms with Gasteiger partial charge in [-0.3, -0.25) is 0 Å². The molecule has 4 nitrogen and oxygen atoms in total. The summed E-state index contributed by atoms with van der Waals surface area (Å²) in [6, 6.07) is 7.31. The first-order valence-electron chi connectivity index (χ1n) is 6.32. The van der Waals surface area contributed by atoms with Crippen LogP contribution in [0.2, 0.25) is 0 Å². The van der Waals surface area contributed by atoms with Gasteiger partial charge in [-0.05, 0) is 31.0 Å². The van der Waals surface area contributed by atoms with Crippen molar-refractivity contribution >= 4 is 10.0 Å². The van der Waals surface area contributed by atoms with Gasteiger partial charge in [-0.1, -0.05) is 6.07 Å². The second-order valence-corrected chi connectivity index (χ2v) is 6.80. The van der Waals surface area contributed by atoms with E-state index in [0.717, 1.165) is 4.31 Å². The van der Waals surface area contributed by atoms with E-state index < -0.39 is 22.1 Å². The summed E-state index contributed by atoms with van der Waals surface area (Å²) in [5.74, 6) is -1.45. The Morgan fingerprint density at radius 2 is 1.86 bits per heavy atom. The summed E-state index contributed by atoms with van der Waals surface area (Å²) >= 11 is 0. The molecule has 1 aliphatic rings. The van der Waals surface area contributed by atoms with Gasteiger partial charge >= 0.3 is 6.18 Å². The van der Waals surface area contributed by atoms with Crippen LogP contribution in [0.3, 0.4) is 0 Å². The van der Waals surface area contributed by atoms with Crippen molar-refractivity contribution in [2.24, 2.45) is 5.92 Å². The van der Waals surface area contributed by atoms with E-state index in [1.807, 2.05) is 6.07 Å². The molecule has 0 aliphatic carbocycles. The summed E-state index contributed by atoms with van der Waals surface area (Å²) in [5, 5.41) is 8.78. The molecule has 1 aliphatic heterocycles. The topological polar surface area (TPSA) is 61.2 Å². The second-order valence-electron chi connectivity index (χ2n) is 4.86. The Morgan fingerprint density at radius 1 is 1.24 bits per heavy atom. The van der Waals surface area contributed by atoms with Gasteiger partial charge in [-0.15, -0.1) is 0 Å². The number of nitriles is 1. The molecule has 8 heteroatoms. The molecule has 114 valence electrons. The molecule has 21 heavy (non-hydrogen) atoms. The number of hydrogen-bond acceptors (Lipinski definition) is 3. The van der Waals surface area contributed by atoms with Crippen LogP contribution in [-0.4, -0.2) is 32.0 Å². The molecule has 0 radical (unpaired) electrons. The average molecular weight is 318 g/mol. The standard InChI is InChI=1S/C13H13F3N2O2S/c14-13(15,16)11-4-6-18(7-5-11)21(19,20)12-3-1-2-10(8-12)9-17/h1-3,8,11H,4-7H2. The number of hydrogen-bond donors (Lipinski definition) is 0. The van der Waals surface area contributed by atoms with Gasteiger partial charge in [-0.2, -0.15) is 22.7 Å². The molecule has 0 amide bonds. The number of rotatable bonds is 2. The molecule has 1 fully saturated rings. The fourth-order valence-electron chi connectivity index (χ4n) is 2.30. The van der Waals surface area contributed by atoms with Crippen LogP contribution in [0.4, 0.5) is 13.2 Å². The molecule has 0 unspecified atom stereocenters. The first kappa shape index (κ1) is 15.8. The molecule has 1 aromatic rings. The van der Waals surface area contributed by atoms with E-state index >= 15 is 0 Å². The Morgan fingerprint density at radius 3 is 2.38 bits per heavy atom. The maximum atomic E-state index is 12.6. The van der Waals surface area contributed by atoms with E-state index in [-0.39, 0.29) is 36.4 Å². The summed E-state index contributed by atoms with van der Waals surface area (Å²) in [5.41, 5.74) is 0.196. The summed E-state index contributed by atoms with van der Waals surface area (Å²) in [6.07, 6.45) is -4.75. The van der Waals surface area contributed by atoms with Crippen LogP contribution in [0.15, 0.2) is 29.2 Å². The molecule has 1 aromatic carbocycles. The lowest BCUT2D eigenvalue weighted by Crippen LogP contribution is -2.42. The number of halogens is 3. The Hall–Kier alpha value is -1.59. The van der Waals surface area contributed by atoms with Crippen molar-refractivity contribution in [2.45, 2.75) is 23.9 Å². The van der Waals surface area contributed by atoms with Crippen LogP contribution in [0, 0.1) is 17.2 Å². The van der Waals surface area contributed by atoms with Crippen LogP contribution in [-0.2, 0) is 10.0 Å². The molecular formula is C13H13F3N2O2S. The van der Waals surface area contributed by atoms with Gasteiger partial charge in [0, 0.05) is 13.1 Å². The summed E-state index contributed by atoms with van der Waals surface area (Å²) < 4.78 is 63.5. The maximum absolute atomic E-state index is 12.6. The van der Waals surface area contributed by atoms with Crippen molar-refractivity contribution in [3.05, 3.63) is 29.8 Å². The van der Waals surface area contributed by atoms with E-state index in [1.165, 1.54) is 24.3 Å². The molecule has 1 heterocycles. The first-order valence-corrected chi connectivity index (χ1v) is 7.76. The normalized spacial score (nSPS) is 18.4. The minimum atomic E-state index is -4.28. The number of benzene rings is 1. The molecule has 0 bridgehead atoms. The molecule has 0 spiro atoms. The monoisotopic (exact) mass is 318 g/mol. The molecule has 1 saturated heterocycles. The van der Waals surface area contributed by atoms with E-state index in [0.29, 0.717) is 0 Å². The number of piperidine rings is 1. The number of nitrogens with zero attached hydrogens (tertiary/aromatic N) is 2. The molecular weight excluding hydrogens is 305 g/mol. The lowest BCUT2D eigenvalue weighted by Gasteiger charge is -2.32. The maximum Gasteiger partial charge on any atom is 0.391 e. The zero-order valence-corrected chi connectivity index (χ0v) is 11.8. The zero-order valence-electron chi connectivity index (χ0n) is 11.0. The number of alkyl halides is 3. The highest BCUT2D eigenvalue weighted by Crippen LogP contribution is 2.35. The van der Waals surface area contributed by atoms with Gasteiger partial charge in [0.25, 0.3) is 0 Å². The van der Waals surface area contributed by atoms with Crippen LogP contribution in [0.1, 0.15) is 18.4 Å². The first-order chi connectivity index (χ1) is 9.75. The summed E-state index contributed by atoms with van der Waals surface area (Å²) in [6.45, 7) is -0.327. The average Bonchev–Trinajstić information content (AvgIpc) is 2.46. The Kier molecular flexibility index (Phi) is 4.25. The minimum Gasteiger partial charge on any atom is -0.207 e. The van der Waals surface area contributed by atoms with Crippen LogP contribution in [0.25, 0.3) is 0 Å². The van der Waals surface area contributed by atoms with E-state index in [4.69, 9.17) is 5.26 Å². The van der Waals surface area contributed by atoms with Gasteiger partial charge in [0.05, 0.1) is 22.4 Å². The van der Waals surface area contributed by atoms with Crippen LogP contribution >= 0.6 is 0 Å². The second kappa shape index (κ2) is 5.66. The summed E-state index contributed by atoms with van der Waals surface area (Å²) in [7, 11) is -3.85. The van der Waals surface area contributed by atoms with Crippen LogP contribution in [0.5, 0.6) is 0 Å². The molecule has 0 N–H and O–H groups in total. The molecule has 0 saturated carbocycles. The zero-order chi connectivity index (χ0) is 15.7. The highest BCUT2D eigenvalue weighted by atomic mass is 32.2. The third-order valence-corrected chi connectivity index (χ3v) is 5.41. The Labute approximate surface area is 120 Å². The van der Waals surface area contributed by atoms with Crippen molar-refractivity contribution in [3.8, 4) is 6.07 Å². The van der Waals surface area contributed by atoms with Crippen molar-refractivity contribution in [2.75, 3.05) is 13.1 Å². The van der Waals surface area contributed by atoms with Crippen molar-refractivity contribution < 1.29 is 21.6 Å². The van der Waals surface area contributed by atoms with E-state index in [2.05, 4.69) is 0 Å². The Bertz CT molecular complexity index is 657. The van der Waals surface area contributed by atoms with Crippen molar-refractivity contribution in [3.63, 3.8) is 0 Å². The minimum absolute atomic E-state index is 0.0630. The third-order valence-electron chi connectivity index (χ3n) is 3.52. The van der Waals surface area contributed by atoms with Crippen molar-refractivity contribution in [1.29, 1.82) is 5.26 Å². The smallest absolute Gasteiger partial charge is 0.207 e. The highest BCUT2D eigenvalue weighted by Gasteiger charge is 2.43. The lowest BCUT2D eigenvalue weighted by molar-refractivity contribution is -0.182. The SMILES string of the molecule is N#Cc1cccc(S(=O)(=O)N2CCC(C(F)(F)F)CC2)c1. The van der Waals surface area contributed by atoms with Gasteiger partial charge < -0.3 is 0 Å².